The third-order valence-electron chi connectivity index (χ3n) is 3.47. The highest BCUT2D eigenvalue weighted by Gasteiger charge is 2.41. The Balaban J connectivity index is 2.32. The maximum absolute atomic E-state index is 11.8. The second-order valence-corrected chi connectivity index (χ2v) is 4.49. The number of aldehydes is 1. The third kappa shape index (κ3) is 2.05. The summed E-state index contributed by atoms with van der Waals surface area (Å²) in [7, 11) is 0. The first-order chi connectivity index (χ1) is 8.22. The number of rotatable bonds is 3. The fourth-order valence-corrected chi connectivity index (χ4v) is 2.40. The van der Waals surface area contributed by atoms with E-state index in [1.165, 1.54) is 0 Å². The first-order valence-electron chi connectivity index (χ1n) is 5.64. The van der Waals surface area contributed by atoms with Gasteiger partial charge >= 0.3 is 0 Å². The number of carbonyl (C=O) groups is 2. The molecular weight excluding hydrogens is 216 g/mol. The molecule has 0 amide bonds. The van der Waals surface area contributed by atoms with E-state index in [4.69, 9.17) is 0 Å². The van der Waals surface area contributed by atoms with Crippen LogP contribution in [-0.2, 0) is 19.8 Å². The Hall–Kier alpha value is -1.77. The first kappa shape index (κ1) is 11.7. The molecule has 0 heterocycles. The van der Waals surface area contributed by atoms with Crippen molar-refractivity contribution in [2.75, 3.05) is 0 Å². The summed E-state index contributed by atoms with van der Waals surface area (Å²) in [4.78, 5) is 33.7. The Morgan fingerprint density at radius 2 is 2.00 bits per heavy atom. The van der Waals surface area contributed by atoms with Crippen LogP contribution in [0.5, 0.6) is 0 Å². The van der Waals surface area contributed by atoms with Gasteiger partial charge in [0.2, 0.25) is 6.29 Å². The minimum atomic E-state index is -0.744. The molecule has 87 valence electrons. The summed E-state index contributed by atoms with van der Waals surface area (Å²) >= 11 is 0. The summed E-state index contributed by atoms with van der Waals surface area (Å²) in [6.07, 6.45) is 3.66. The van der Waals surface area contributed by atoms with Crippen molar-refractivity contribution >= 4 is 18.4 Å². The van der Waals surface area contributed by atoms with Gasteiger partial charge in [0.05, 0.1) is 11.3 Å². The molecule has 1 saturated carbocycles. The molecule has 1 unspecified atom stereocenters. The molecule has 3 heteroatoms. The van der Waals surface area contributed by atoms with Crippen LogP contribution in [0, 0.1) is 5.92 Å². The molecular formula is C14H13O3. The van der Waals surface area contributed by atoms with Gasteiger partial charge in [-0.25, -0.2) is 0 Å². The highest BCUT2D eigenvalue weighted by Crippen LogP contribution is 2.37. The van der Waals surface area contributed by atoms with Crippen LogP contribution in [0.2, 0.25) is 0 Å². The van der Waals surface area contributed by atoms with Gasteiger partial charge in [-0.2, -0.15) is 0 Å². The van der Waals surface area contributed by atoms with Crippen LogP contribution in [0.25, 0.3) is 0 Å². The standard InChI is InChI=1S/C14H13O3/c15-9-11-6-7-14(10-16,8-13(11)17)12-4-2-1-3-5-12/h1-5,10-11H,6-8H2/t11?,14-/m1/s1. The zero-order chi connectivity index (χ0) is 12.3. The molecule has 1 aliphatic rings. The molecule has 1 aromatic carbocycles. The van der Waals surface area contributed by atoms with E-state index in [1.807, 2.05) is 30.3 Å². The van der Waals surface area contributed by atoms with Gasteiger partial charge in [-0.3, -0.25) is 9.59 Å². The summed E-state index contributed by atoms with van der Waals surface area (Å²) in [6, 6.07) is 9.28. The molecule has 2 rings (SSSR count). The molecule has 0 bridgehead atoms. The highest BCUT2D eigenvalue weighted by atomic mass is 16.1. The maximum atomic E-state index is 11.8. The summed E-state index contributed by atoms with van der Waals surface area (Å²) in [5.41, 5.74) is 0.110. The lowest BCUT2D eigenvalue weighted by atomic mass is 9.67. The molecule has 0 aliphatic heterocycles. The van der Waals surface area contributed by atoms with E-state index >= 15 is 0 Å². The third-order valence-corrected chi connectivity index (χ3v) is 3.47. The molecule has 0 spiro atoms. The molecule has 0 aromatic heterocycles. The lowest BCUT2D eigenvalue weighted by Gasteiger charge is -2.33. The summed E-state index contributed by atoms with van der Waals surface area (Å²) in [6.45, 7) is 0. The predicted molar refractivity (Wildman–Crippen MR) is 62.2 cm³/mol. The van der Waals surface area contributed by atoms with Crippen molar-refractivity contribution in [1.82, 2.24) is 0 Å². The van der Waals surface area contributed by atoms with Crippen LogP contribution in [0.4, 0.5) is 0 Å². The molecule has 1 aliphatic carbocycles. The number of benzene rings is 1. The lowest BCUT2D eigenvalue weighted by Crippen LogP contribution is -2.39. The summed E-state index contributed by atoms with van der Waals surface area (Å²) in [5.74, 6) is -0.825. The zero-order valence-corrected chi connectivity index (χ0v) is 9.39. The van der Waals surface area contributed by atoms with Crippen molar-refractivity contribution in [3.63, 3.8) is 0 Å². The van der Waals surface area contributed by atoms with Gasteiger partial charge in [0.1, 0.15) is 12.1 Å². The molecule has 1 fully saturated rings. The number of carbonyl (C=O) groups excluding carboxylic acids is 3. The zero-order valence-electron chi connectivity index (χ0n) is 9.39. The van der Waals surface area contributed by atoms with Gasteiger partial charge in [0.15, 0.2) is 0 Å². The van der Waals surface area contributed by atoms with Gasteiger partial charge in [-0.1, -0.05) is 30.3 Å². The van der Waals surface area contributed by atoms with E-state index in [0.717, 1.165) is 11.8 Å². The Labute approximate surface area is 99.8 Å². The summed E-state index contributed by atoms with van der Waals surface area (Å²) < 4.78 is 0. The number of Topliss-reactive ketones (excluding diaryl/α,β-unsaturated/α-hetero) is 1. The lowest BCUT2D eigenvalue weighted by molar-refractivity contribution is -0.128. The average Bonchev–Trinajstić information content (AvgIpc) is 2.39. The molecule has 1 aromatic rings. The van der Waals surface area contributed by atoms with Crippen molar-refractivity contribution in [2.24, 2.45) is 5.92 Å². The van der Waals surface area contributed by atoms with Crippen molar-refractivity contribution in [3.05, 3.63) is 35.9 Å². The molecule has 0 saturated heterocycles. The van der Waals surface area contributed by atoms with Gasteiger partial charge in [-0.05, 0) is 18.4 Å². The topological polar surface area (TPSA) is 51.2 Å². The second kappa shape index (κ2) is 4.62. The minimum Gasteiger partial charge on any atom is -0.302 e. The normalized spacial score (nSPS) is 28.7. The second-order valence-electron chi connectivity index (χ2n) is 4.49. The van der Waals surface area contributed by atoms with Crippen LogP contribution in [0.15, 0.2) is 30.3 Å². The average molecular weight is 229 g/mol. The van der Waals surface area contributed by atoms with Crippen LogP contribution in [0.3, 0.4) is 0 Å². The van der Waals surface area contributed by atoms with Gasteiger partial charge in [0.25, 0.3) is 0 Å². The quantitative estimate of drug-likeness (QED) is 0.584. The van der Waals surface area contributed by atoms with E-state index in [-0.39, 0.29) is 12.2 Å². The Morgan fingerprint density at radius 3 is 2.53 bits per heavy atom. The number of hydrogen-bond donors (Lipinski definition) is 0. The van der Waals surface area contributed by atoms with Gasteiger partial charge in [-0.15, -0.1) is 0 Å². The number of hydrogen-bond acceptors (Lipinski definition) is 3. The minimum absolute atomic E-state index is 0.112. The van der Waals surface area contributed by atoms with Gasteiger partial charge in [0, 0.05) is 6.42 Å². The smallest absolute Gasteiger partial charge is 0.209 e. The van der Waals surface area contributed by atoms with Crippen molar-refractivity contribution < 1.29 is 14.4 Å². The van der Waals surface area contributed by atoms with Crippen molar-refractivity contribution in [1.29, 1.82) is 0 Å². The van der Waals surface area contributed by atoms with Crippen LogP contribution in [-0.4, -0.2) is 18.4 Å². The first-order valence-corrected chi connectivity index (χ1v) is 5.64. The van der Waals surface area contributed by atoms with E-state index in [9.17, 15) is 14.4 Å². The molecule has 0 N–H and O–H groups in total. The number of ketones is 1. The fourth-order valence-electron chi connectivity index (χ4n) is 2.40. The van der Waals surface area contributed by atoms with E-state index in [2.05, 4.69) is 0 Å². The maximum Gasteiger partial charge on any atom is 0.209 e. The molecule has 17 heavy (non-hydrogen) atoms. The Bertz CT molecular complexity index is 438. The van der Waals surface area contributed by atoms with Gasteiger partial charge < -0.3 is 4.79 Å². The monoisotopic (exact) mass is 229 g/mol. The van der Waals surface area contributed by atoms with Crippen LogP contribution in [0.1, 0.15) is 24.8 Å². The molecule has 1 radical (unpaired) electrons. The van der Waals surface area contributed by atoms with Crippen LogP contribution >= 0.6 is 0 Å². The largest absolute Gasteiger partial charge is 0.302 e. The van der Waals surface area contributed by atoms with Crippen molar-refractivity contribution in [2.45, 2.75) is 24.7 Å². The molecule has 3 nitrogen and oxygen atoms in total. The van der Waals surface area contributed by atoms with E-state index in [0.29, 0.717) is 12.8 Å². The predicted octanol–water partition coefficient (Wildman–Crippen LogP) is 1.60. The summed E-state index contributed by atoms with van der Waals surface area (Å²) in [5, 5.41) is 0. The Morgan fingerprint density at radius 1 is 1.29 bits per heavy atom. The fraction of sp³-hybridized carbons (Fsp3) is 0.357. The van der Waals surface area contributed by atoms with E-state index < -0.39 is 11.3 Å². The van der Waals surface area contributed by atoms with Crippen molar-refractivity contribution in [3.8, 4) is 0 Å². The van der Waals surface area contributed by atoms with E-state index in [1.54, 1.807) is 6.29 Å². The Kier molecular flexibility index (Phi) is 3.18. The highest BCUT2D eigenvalue weighted by molar-refractivity contribution is 5.97. The van der Waals surface area contributed by atoms with Crippen LogP contribution < -0.4 is 0 Å². The SMILES string of the molecule is O=[C]C1CC[C@@](C=O)(c2ccccc2)CC1=O. The molecule has 2 atom stereocenters.